The van der Waals surface area contributed by atoms with Crippen molar-refractivity contribution in [3.05, 3.63) is 71.8 Å². The molecule has 24 heavy (non-hydrogen) atoms. The number of hydrogen-bond donors (Lipinski definition) is 1. The van der Waals surface area contributed by atoms with Gasteiger partial charge in [0.25, 0.3) is 0 Å². The zero-order valence-electron chi connectivity index (χ0n) is 12.8. The summed E-state index contributed by atoms with van der Waals surface area (Å²) < 4.78 is 29.1. The minimum Gasteiger partial charge on any atom is -0.223 e. The fourth-order valence-electron chi connectivity index (χ4n) is 2.24. The van der Waals surface area contributed by atoms with Gasteiger partial charge in [0.2, 0.25) is 10.0 Å². The van der Waals surface area contributed by atoms with Crippen molar-refractivity contribution in [3.63, 3.8) is 0 Å². The van der Waals surface area contributed by atoms with E-state index in [2.05, 4.69) is 14.8 Å². The van der Waals surface area contributed by atoms with Gasteiger partial charge in [-0.15, -0.1) is 0 Å². The smallest absolute Gasteiger partial charge is 0.223 e. The molecular formula is C16H15ClN4O2S. The van der Waals surface area contributed by atoms with Gasteiger partial charge in [0.15, 0.2) is 0 Å². The molecule has 0 aliphatic carbocycles. The first-order chi connectivity index (χ1) is 11.5. The van der Waals surface area contributed by atoms with Crippen molar-refractivity contribution in [2.24, 2.45) is 0 Å². The summed E-state index contributed by atoms with van der Waals surface area (Å²) in [7, 11) is -3.61. The lowest BCUT2D eigenvalue weighted by Gasteiger charge is -2.15. The number of benzene rings is 2. The van der Waals surface area contributed by atoms with E-state index in [-0.39, 0.29) is 10.9 Å². The van der Waals surface area contributed by atoms with Gasteiger partial charge in [-0.2, -0.15) is 5.10 Å². The van der Waals surface area contributed by atoms with Gasteiger partial charge < -0.3 is 0 Å². The van der Waals surface area contributed by atoms with E-state index in [0.717, 1.165) is 11.3 Å². The number of halogens is 1. The molecule has 0 fully saturated rings. The Hall–Kier alpha value is -2.22. The molecule has 3 rings (SSSR count). The number of aromatic nitrogens is 3. The molecule has 0 spiro atoms. The fraction of sp³-hybridized carbons (Fsp3) is 0.125. The summed E-state index contributed by atoms with van der Waals surface area (Å²) >= 11 is 5.79. The Labute approximate surface area is 145 Å². The second kappa shape index (κ2) is 6.72. The van der Waals surface area contributed by atoms with Crippen LogP contribution in [0.2, 0.25) is 5.02 Å². The molecule has 3 aromatic rings. The van der Waals surface area contributed by atoms with Gasteiger partial charge in [-0.25, -0.2) is 22.8 Å². The normalized spacial score (nSPS) is 12.9. The lowest BCUT2D eigenvalue weighted by Crippen LogP contribution is -2.26. The lowest BCUT2D eigenvalue weighted by atomic mass is 10.1. The van der Waals surface area contributed by atoms with Crippen molar-refractivity contribution in [2.75, 3.05) is 0 Å². The van der Waals surface area contributed by atoms with Crippen molar-refractivity contribution >= 4 is 21.6 Å². The van der Waals surface area contributed by atoms with Crippen LogP contribution in [0.3, 0.4) is 0 Å². The van der Waals surface area contributed by atoms with Crippen molar-refractivity contribution in [2.45, 2.75) is 17.9 Å². The Bertz CT molecular complexity index is 908. The molecule has 0 bridgehead atoms. The SMILES string of the molecule is CC(NS(=O)(=O)c1ccc(Cl)cc1)c1ccc(-n2cncn2)cc1. The first-order valence-electron chi connectivity index (χ1n) is 7.18. The predicted octanol–water partition coefficient (Wildman–Crippen LogP) is 2.96. The molecule has 8 heteroatoms. The topological polar surface area (TPSA) is 76.9 Å². The van der Waals surface area contributed by atoms with Crippen molar-refractivity contribution in [3.8, 4) is 5.69 Å². The molecule has 1 unspecified atom stereocenters. The number of nitrogens with zero attached hydrogens (tertiary/aromatic N) is 3. The average Bonchev–Trinajstić information content (AvgIpc) is 3.09. The monoisotopic (exact) mass is 362 g/mol. The van der Waals surface area contributed by atoms with E-state index in [1.165, 1.54) is 18.5 Å². The van der Waals surface area contributed by atoms with Crippen LogP contribution < -0.4 is 4.72 Å². The van der Waals surface area contributed by atoms with Crippen molar-refractivity contribution in [1.82, 2.24) is 19.5 Å². The standard InChI is InChI=1S/C16H15ClN4O2S/c1-12(20-24(22,23)16-8-4-14(17)5-9-16)13-2-6-15(7-3-13)21-11-18-10-19-21/h2-12,20H,1H3. The summed E-state index contributed by atoms with van der Waals surface area (Å²) in [6, 6.07) is 13.1. The molecular weight excluding hydrogens is 348 g/mol. The first-order valence-corrected chi connectivity index (χ1v) is 9.05. The summed E-state index contributed by atoms with van der Waals surface area (Å²) in [5.41, 5.74) is 1.69. The third-order valence-electron chi connectivity index (χ3n) is 3.53. The molecule has 0 radical (unpaired) electrons. The van der Waals surface area contributed by atoms with Crippen LogP contribution in [-0.2, 0) is 10.0 Å². The van der Waals surface area contributed by atoms with Crippen LogP contribution in [-0.4, -0.2) is 23.2 Å². The summed E-state index contributed by atoms with van der Waals surface area (Å²) in [6.07, 6.45) is 3.05. The molecule has 124 valence electrons. The maximum Gasteiger partial charge on any atom is 0.241 e. The van der Waals surface area contributed by atoms with E-state index in [0.29, 0.717) is 5.02 Å². The highest BCUT2D eigenvalue weighted by molar-refractivity contribution is 7.89. The van der Waals surface area contributed by atoms with Crippen LogP contribution in [0.1, 0.15) is 18.5 Å². The van der Waals surface area contributed by atoms with Crippen molar-refractivity contribution < 1.29 is 8.42 Å². The highest BCUT2D eigenvalue weighted by atomic mass is 35.5. The van der Waals surface area contributed by atoms with Crippen LogP contribution >= 0.6 is 11.6 Å². The number of sulfonamides is 1. The van der Waals surface area contributed by atoms with E-state index < -0.39 is 10.0 Å². The molecule has 1 atom stereocenters. The molecule has 1 heterocycles. The minimum atomic E-state index is -3.61. The second-order valence-corrected chi connectivity index (χ2v) is 7.38. The van der Waals surface area contributed by atoms with E-state index >= 15 is 0 Å². The molecule has 0 aliphatic heterocycles. The van der Waals surface area contributed by atoms with Gasteiger partial charge in [-0.3, -0.25) is 0 Å². The molecule has 1 aromatic heterocycles. The van der Waals surface area contributed by atoms with Gasteiger partial charge in [-0.1, -0.05) is 23.7 Å². The van der Waals surface area contributed by atoms with Crippen LogP contribution in [0.15, 0.2) is 66.1 Å². The molecule has 1 N–H and O–H groups in total. The zero-order valence-corrected chi connectivity index (χ0v) is 14.4. The Morgan fingerprint density at radius 3 is 2.33 bits per heavy atom. The van der Waals surface area contributed by atoms with Gasteiger partial charge in [0, 0.05) is 11.1 Å². The van der Waals surface area contributed by atoms with Crippen LogP contribution in [0.5, 0.6) is 0 Å². The zero-order chi connectivity index (χ0) is 17.2. The Balaban J connectivity index is 1.76. The molecule has 0 saturated heterocycles. The van der Waals surface area contributed by atoms with E-state index in [4.69, 9.17) is 11.6 Å². The molecule has 0 saturated carbocycles. The Morgan fingerprint density at radius 1 is 1.08 bits per heavy atom. The van der Waals surface area contributed by atoms with Gasteiger partial charge >= 0.3 is 0 Å². The largest absolute Gasteiger partial charge is 0.241 e. The quantitative estimate of drug-likeness (QED) is 0.757. The summed E-state index contributed by atoms with van der Waals surface area (Å²) in [4.78, 5) is 4.07. The summed E-state index contributed by atoms with van der Waals surface area (Å²) in [5, 5.41) is 4.54. The van der Waals surface area contributed by atoms with Gasteiger partial charge in [0.1, 0.15) is 12.7 Å². The summed E-state index contributed by atoms with van der Waals surface area (Å²) in [5.74, 6) is 0. The van der Waals surface area contributed by atoms with Crippen LogP contribution in [0.25, 0.3) is 5.69 Å². The van der Waals surface area contributed by atoms with E-state index in [1.54, 1.807) is 30.1 Å². The maximum absolute atomic E-state index is 12.4. The molecule has 0 aliphatic rings. The minimum absolute atomic E-state index is 0.179. The number of hydrogen-bond acceptors (Lipinski definition) is 4. The fourth-order valence-corrected chi connectivity index (χ4v) is 3.60. The Kier molecular flexibility index (Phi) is 4.66. The van der Waals surface area contributed by atoms with Gasteiger partial charge in [0.05, 0.1) is 10.6 Å². The number of nitrogens with one attached hydrogen (secondary N) is 1. The molecule has 2 aromatic carbocycles. The highest BCUT2D eigenvalue weighted by Gasteiger charge is 2.18. The van der Waals surface area contributed by atoms with E-state index in [9.17, 15) is 8.42 Å². The Morgan fingerprint density at radius 2 is 1.75 bits per heavy atom. The maximum atomic E-state index is 12.4. The third kappa shape index (κ3) is 3.64. The summed E-state index contributed by atoms with van der Waals surface area (Å²) in [6.45, 7) is 1.79. The number of rotatable bonds is 5. The predicted molar refractivity (Wildman–Crippen MR) is 91.5 cm³/mol. The van der Waals surface area contributed by atoms with Gasteiger partial charge in [-0.05, 0) is 48.9 Å². The second-order valence-electron chi connectivity index (χ2n) is 5.23. The average molecular weight is 363 g/mol. The first kappa shape index (κ1) is 16.6. The highest BCUT2D eigenvalue weighted by Crippen LogP contribution is 2.19. The van der Waals surface area contributed by atoms with Crippen LogP contribution in [0.4, 0.5) is 0 Å². The molecule has 0 amide bonds. The third-order valence-corrected chi connectivity index (χ3v) is 5.34. The molecule has 6 nitrogen and oxygen atoms in total. The van der Waals surface area contributed by atoms with E-state index in [1.807, 2.05) is 24.3 Å². The van der Waals surface area contributed by atoms with Crippen LogP contribution in [0, 0.1) is 0 Å². The van der Waals surface area contributed by atoms with Crippen molar-refractivity contribution in [1.29, 1.82) is 0 Å². The lowest BCUT2D eigenvalue weighted by molar-refractivity contribution is 0.567.